The topological polar surface area (TPSA) is 15.3 Å². The summed E-state index contributed by atoms with van der Waals surface area (Å²) >= 11 is 0. The van der Waals surface area contributed by atoms with Gasteiger partial charge in [0.15, 0.2) is 0 Å². The van der Waals surface area contributed by atoms with Gasteiger partial charge in [0.2, 0.25) is 0 Å². The van der Waals surface area contributed by atoms with E-state index in [1.165, 1.54) is 32.2 Å². The van der Waals surface area contributed by atoms with Gasteiger partial charge in [-0.25, -0.2) is 0 Å². The summed E-state index contributed by atoms with van der Waals surface area (Å²) in [5.41, 5.74) is 0. The molecule has 0 atom stereocenters. The van der Waals surface area contributed by atoms with Crippen LogP contribution in [0.2, 0.25) is 0 Å². The maximum absolute atomic E-state index is 3.43. The summed E-state index contributed by atoms with van der Waals surface area (Å²) < 4.78 is 0. The second-order valence-electron chi connectivity index (χ2n) is 3.61. The third-order valence-electron chi connectivity index (χ3n) is 1.94. The van der Waals surface area contributed by atoms with Crippen LogP contribution in [-0.4, -0.2) is 38.6 Å². The van der Waals surface area contributed by atoms with E-state index in [1.807, 2.05) is 0 Å². The summed E-state index contributed by atoms with van der Waals surface area (Å²) in [5.74, 6) is 0. The fourth-order valence-corrected chi connectivity index (χ4v) is 1.10. The molecule has 0 saturated carbocycles. The van der Waals surface area contributed by atoms with Gasteiger partial charge in [0.1, 0.15) is 0 Å². The number of nitrogens with one attached hydrogen (secondary N) is 1. The average molecular weight is 231 g/mol. The van der Waals surface area contributed by atoms with Crippen molar-refractivity contribution < 1.29 is 16.8 Å². The monoisotopic (exact) mass is 231 g/mol. The Bertz CT molecular complexity index is 87.0. The summed E-state index contributed by atoms with van der Waals surface area (Å²) in [4.78, 5) is 2.21. The van der Waals surface area contributed by atoms with Crippen LogP contribution in [0.5, 0.6) is 0 Å². The predicted molar refractivity (Wildman–Crippen MR) is 55.6 cm³/mol. The maximum Gasteiger partial charge on any atom is 0.0101 e. The zero-order valence-corrected chi connectivity index (χ0v) is 10.3. The largest absolute Gasteiger partial charge is 0.315 e. The van der Waals surface area contributed by atoms with E-state index in [2.05, 4.69) is 31.2 Å². The van der Waals surface area contributed by atoms with E-state index in [-0.39, 0.29) is 16.8 Å². The van der Waals surface area contributed by atoms with Gasteiger partial charge in [-0.2, -0.15) is 0 Å². The van der Waals surface area contributed by atoms with Crippen LogP contribution in [0.25, 0.3) is 0 Å². The van der Waals surface area contributed by atoms with Crippen LogP contribution in [0.3, 0.4) is 0 Å². The maximum atomic E-state index is 3.43. The standard InChI is InChI=1S/C10H24N2.Co/c1-4-5-6-7-8-11-9-10-12(2)3;/h11H,4-10H2,1-3H3;. The first-order valence-corrected chi connectivity index (χ1v) is 5.12. The molecule has 0 aliphatic heterocycles. The summed E-state index contributed by atoms with van der Waals surface area (Å²) in [6, 6.07) is 0. The molecule has 0 aromatic carbocycles. The van der Waals surface area contributed by atoms with Gasteiger partial charge >= 0.3 is 0 Å². The molecule has 2 nitrogen and oxygen atoms in total. The second-order valence-corrected chi connectivity index (χ2v) is 3.61. The Morgan fingerprint density at radius 1 is 1.00 bits per heavy atom. The molecule has 0 aliphatic rings. The Labute approximate surface area is 93.7 Å². The Hall–Kier alpha value is 0.426. The molecule has 0 saturated heterocycles. The molecule has 0 heterocycles. The minimum atomic E-state index is 0. The first kappa shape index (κ1) is 15.9. The molecule has 3 heteroatoms. The molecule has 13 heavy (non-hydrogen) atoms. The van der Waals surface area contributed by atoms with Crippen LogP contribution >= 0.6 is 0 Å². The Morgan fingerprint density at radius 3 is 2.23 bits per heavy atom. The van der Waals surface area contributed by atoms with Crippen molar-refractivity contribution in [2.24, 2.45) is 0 Å². The summed E-state index contributed by atoms with van der Waals surface area (Å²) in [6.45, 7) is 5.71. The molecule has 1 N–H and O–H groups in total. The van der Waals surface area contributed by atoms with E-state index in [9.17, 15) is 0 Å². The van der Waals surface area contributed by atoms with E-state index in [1.54, 1.807) is 0 Å². The summed E-state index contributed by atoms with van der Waals surface area (Å²) in [7, 11) is 4.22. The Kier molecular flexibility index (Phi) is 15.2. The quantitative estimate of drug-likeness (QED) is 0.640. The number of unbranched alkanes of at least 4 members (excludes halogenated alkanes) is 3. The summed E-state index contributed by atoms with van der Waals surface area (Å²) in [6.07, 6.45) is 5.43. The van der Waals surface area contributed by atoms with E-state index < -0.39 is 0 Å². The number of rotatable bonds is 8. The second kappa shape index (κ2) is 12.4. The van der Waals surface area contributed by atoms with E-state index in [0.717, 1.165) is 13.1 Å². The molecule has 1 radical (unpaired) electrons. The van der Waals surface area contributed by atoms with Gasteiger partial charge in [-0.15, -0.1) is 0 Å². The van der Waals surface area contributed by atoms with E-state index in [0.29, 0.717) is 0 Å². The minimum Gasteiger partial charge on any atom is -0.315 e. The van der Waals surface area contributed by atoms with Crippen molar-refractivity contribution in [2.45, 2.75) is 32.6 Å². The normalized spacial score (nSPS) is 10.2. The number of nitrogens with zero attached hydrogens (tertiary/aromatic N) is 1. The first-order chi connectivity index (χ1) is 5.77. The molecule has 0 bridgehead atoms. The summed E-state index contributed by atoms with van der Waals surface area (Å²) in [5, 5.41) is 3.43. The molecule has 0 aliphatic carbocycles. The fourth-order valence-electron chi connectivity index (χ4n) is 1.10. The van der Waals surface area contributed by atoms with Crippen molar-refractivity contribution in [3.8, 4) is 0 Å². The minimum absolute atomic E-state index is 0. The van der Waals surface area contributed by atoms with Crippen LogP contribution in [-0.2, 0) is 16.8 Å². The van der Waals surface area contributed by atoms with Gasteiger partial charge in [-0.05, 0) is 27.1 Å². The third-order valence-corrected chi connectivity index (χ3v) is 1.94. The number of hydrogen-bond donors (Lipinski definition) is 1. The molecule has 0 rings (SSSR count). The van der Waals surface area contributed by atoms with E-state index in [4.69, 9.17) is 0 Å². The molecule has 0 aromatic heterocycles. The number of likely N-dealkylation sites (N-methyl/N-ethyl adjacent to an activating group) is 1. The first-order valence-electron chi connectivity index (χ1n) is 5.12. The van der Waals surface area contributed by atoms with Crippen molar-refractivity contribution >= 4 is 0 Å². The third kappa shape index (κ3) is 15.2. The van der Waals surface area contributed by atoms with Crippen molar-refractivity contribution in [2.75, 3.05) is 33.7 Å². The van der Waals surface area contributed by atoms with Gasteiger partial charge in [-0.1, -0.05) is 26.2 Å². The zero-order chi connectivity index (χ0) is 9.23. The van der Waals surface area contributed by atoms with Crippen molar-refractivity contribution in [3.05, 3.63) is 0 Å². The average Bonchev–Trinajstić information content (AvgIpc) is 2.02. The van der Waals surface area contributed by atoms with Crippen molar-refractivity contribution in [1.82, 2.24) is 10.2 Å². The molecule has 0 amide bonds. The molecular weight excluding hydrogens is 207 g/mol. The molecule has 0 unspecified atom stereocenters. The molecule has 83 valence electrons. The van der Waals surface area contributed by atoms with Crippen LogP contribution in [0.4, 0.5) is 0 Å². The Morgan fingerprint density at radius 2 is 1.69 bits per heavy atom. The van der Waals surface area contributed by atoms with E-state index >= 15 is 0 Å². The number of hydrogen-bond acceptors (Lipinski definition) is 2. The van der Waals surface area contributed by atoms with Crippen molar-refractivity contribution in [3.63, 3.8) is 0 Å². The van der Waals surface area contributed by atoms with Crippen LogP contribution in [0, 0.1) is 0 Å². The van der Waals surface area contributed by atoms with Gasteiger partial charge in [0.05, 0.1) is 0 Å². The van der Waals surface area contributed by atoms with Gasteiger partial charge in [0.25, 0.3) is 0 Å². The fraction of sp³-hybridized carbons (Fsp3) is 1.00. The Balaban J connectivity index is 0. The molecule has 0 spiro atoms. The predicted octanol–water partition coefficient (Wildman–Crippen LogP) is 1.72. The molecular formula is C10H24CoN2. The molecule has 0 fully saturated rings. The zero-order valence-electron chi connectivity index (χ0n) is 9.23. The van der Waals surface area contributed by atoms with Crippen LogP contribution in [0.1, 0.15) is 32.6 Å². The van der Waals surface area contributed by atoms with Crippen molar-refractivity contribution in [1.29, 1.82) is 0 Å². The molecule has 0 aromatic rings. The van der Waals surface area contributed by atoms with Gasteiger partial charge in [0, 0.05) is 29.9 Å². The smallest absolute Gasteiger partial charge is 0.0101 e. The van der Waals surface area contributed by atoms with Crippen LogP contribution < -0.4 is 5.32 Å². The SMILES string of the molecule is CCCCCCNCCN(C)C.[Co]. The van der Waals surface area contributed by atoms with Gasteiger partial charge < -0.3 is 10.2 Å². The van der Waals surface area contributed by atoms with Crippen LogP contribution in [0.15, 0.2) is 0 Å². The van der Waals surface area contributed by atoms with Gasteiger partial charge in [-0.3, -0.25) is 0 Å².